The summed E-state index contributed by atoms with van der Waals surface area (Å²) in [5.41, 5.74) is 6.25. The van der Waals surface area contributed by atoms with E-state index >= 15 is 0 Å². The lowest BCUT2D eigenvalue weighted by Gasteiger charge is -2.45. The summed E-state index contributed by atoms with van der Waals surface area (Å²) in [5.74, 6) is 1.71. The molecule has 0 fully saturated rings. The van der Waals surface area contributed by atoms with Gasteiger partial charge in [0.25, 0.3) is 0 Å². The molecule has 16 rings (SSSR count). The third kappa shape index (κ3) is 6.51. The van der Waals surface area contributed by atoms with Gasteiger partial charge in [0.2, 0.25) is 0 Å². The first-order chi connectivity index (χ1) is 38.6. The van der Waals surface area contributed by atoms with Crippen molar-refractivity contribution in [1.29, 1.82) is 0 Å². The molecular weight excluding hydrogens is 977 g/mol. The highest BCUT2D eigenvalue weighted by Crippen LogP contribution is 2.41. The van der Waals surface area contributed by atoms with Crippen LogP contribution in [0.3, 0.4) is 0 Å². The van der Waals surface area contributed by atoms with Crippen molar-refractivity contribution in [2.75, 3.05) is 9.80 Å². The molecule has 0 bridgehead atoms. The van der Waals surface area contributed by atoms with E-state index < -0.39 is 16.1 Å². The molecule has 12 aromatic carbocycles. The van der Waals surface area contributed by atoms with Crippen LogP contribution in [0.25, 0.3) is 54.1 Å². The SMILES string of the molecule is c1ccc2c(c1)N(c1ccc3nc(N4c5ccccc5[Si](c5ccc6ccccc6c5)(c5ccc6ccccc6c5)c5ccccc54)ccc3n1)c1ccccc1[Si]2(c1ccc2ccccc2c1)c1ccc2ccccc2c1. The number of anilines is 6. The Morgan fingerprint density at radius 1 is 0.218 bits per heavy atom. The second-order valence-electron chi connectivity index (χ2n) is 20.9. The second kappa shape index (κ2) is 17.4. The molecular formula is C72H48N4Si2. The van der Waals surface area contributed by atoms with E-state index in [2.05, 4.69) is 301 Å². The van der Waals surface area contributed by atoms with E-state index in [0.717, 1.165) is 45.4 Å². The lowest BCUT2D eigenvalue weighted by molar-refractivity contribution is 1.18. The molecule has 0 atom stereocenters. The Bertz CT molecular complexity index is 4200. The van der Waals surface area contributed by atoms with Crippen molar-refractivity contribution in [2.45, 2.75) is 0 Å². The quantitative estimate of drug-likeness (QED) is 0.155. The molecule has 2 aromatic heterocycles. The van der Waals surface area contributed by atoms with E-state index in [0.29, 0.717) is 0 Å². The lowest BCUT2D eigenvalue weighted by atomic mass is 10.1. The highest BCUT2D eigenvalue weighted by atomic mass is 28.3. The Balaban J connectivity index is 0.859. The fraction of sp³-hybridized carbons (Fsp3) is 0. The van der Waals surface area contributed by atoms with Crippen LogP contribution in [-0.2, 0) is 0 Å². The molecule has 0 amide bonds. The van der Waals surface area contributed by atoms with Gasteiger partial charge in [0, 0.05) is 22.7 Å². The van der Waals surface area contributed by atoms with Crippen molar-refractivity contribution in [3.63, 3.8) is 0 Å². The van der Waals surface area contributed by atoms with Crippen LogP contribution in [0, 0.1) is 0 Å². The van der Waals surface area contributed by atoms with E-state index in [1.807, 2.05) is 0 Å². The second-order valence-corrected chi connectivity index (χ2v) is 28.3. The van der Waals surface area contributed by atoms with Gasteiger partial charge in [-0.1, -0.05) is 243 Å². The summed E-state index contributed by atoms with van der Waals surface area (Å²) in [5, 5.41) is 20.7. The van der Waals surface area contributed by atoms with Gasteiger partial charge >= 0.3 is 0 Å². The minimum absolute atomic E-state index is 0.832. The number of rotatable bonds is 6. The first-order valence-corrected chi connectivity index (χ1v) is 30.9. The molecule has 0 radical (unpaired) electrons. The number of hydrogen-bond acceptors (Lipinski definition) is 4. The summed E-state index contributed by atoms with van der Waals surface area (Å²) in [6, 6.07) is 109. The number of hydrogen-bond donors (Lipinski definition) is 0. The standard InChI is InChI=1S/C72H48N4Si2/c1-5-21-53-45-57(37-33-49(53)17-1)77(58-38-34-50-18-2-6-22-54(50)46-58)67-29-13-9-25-63(67)75(64-26-10-14-30-68(64)77)71-43-41-62-61(73-71)42-44-72(74-62)76-65-27-11-15-31-69(65)78(70-32-16-12-28-66(70)76,59-39-35-51-19-3-7-23-55(51)47-59)60-40-36-52-20-4-8-24-56(52)48-60/h1-48H. The topological polar surface area (TPSA) is 32.3 Å². The van der Waals surface area contributed by atoms with E-state index in [-0.39, 0.29) is 0 Å². The molecule has 0 aliphatic carbocycles. The Morgan fingerprint density at radius 3 is 0.744 bits per heavy atom. The summed E-state index contributed by atoms with van der Waals surface area (Å²) in [6.07, 6.45) is 0. The fourth-order valence-corrected chi connectivity index (χ4v) is 23.7. The lowest BCUT2D eigenvalue weighted by Crippen LogP contribution is -2.77. The first-order valence-electron chi connectivity index (χ1n) is 26.9. The van der Waals surface area contributed by atoms with Crippen LogP contribution < -0.4 is 51.3 Å². The van der Waals surface area contributed by atoms with E-state index in [9.17, 15) is 0 Å². The zero-order valence-corrected chi connectivity index (χ0v) is 44.5. The smallest absolute Gasteiger partial charge is 0.184 e. The predicted octanol–water partition coefficient (Wildman–Crippen LogP) is 12.6. The van der Waals surface area contributed by atoms with Crippen LogP contribution >= 0.6 is 0 Å². The highest BCUT2D eigenvalue weighted by molar-refractivity contribution is 7.22. The zero-order chi connectivity index (χ0) is 51.4. The van der Waals surface area contributed by atoms with E-state index in [1.165, 1.54) is 84.6 Å². The molecule has 4 heterocycles. The third-order valence-corrected chi connectivity index (χ3v) is 26.5. The number of para-hydroxylation sites is 4. The van der Waals surface area contributed by atoms with Gasteiger partial charge in [0.15, 0.2) is 16.1 Å². The number of benzene rings is 12. The fourth-order valence-electron chi connectivity index (χ4n) is 13.5. The molecule has 6 heteroatoms. The van der Waals surface area contributed by atoms with Crippen molar-refractivity contribution in [3.05, 3.63) is 291 Å². The number of fused-ring (bicyclic) bond motifs is 9. The van der Waals surface area contributed by atoms with Gasteiger partial charge in [-0.3, -0.25) is 9.80 Å². The molecule has 364 valence electrons. The van der Waals surface area contributed by atoms with Crippen LogP contribution in [0.2, 0.25) is 0 Å². The van der Waals surface area contributed by atoms with Crippen LogP contribution in [0.5, 0.6) is 0 Å². The van der Waals surface area contributed by atoms with Gasteiger partial charge in [0.05, 0.1) is 11.0 Å². The van der Waals surface area contributed by atoms with Crippen LogP contribution in [0.1, 0.15) is 0 Å². The zero-order valence-electron chi connectivity index (χ0n) is 42.5. The van der Waals surface area contributed by atoms with Gasteiger partial charge in [-0.05, 0) is 133 Å². The number of aromatic nitrogens is 2. The molecule has 4 nitrogen and oxygen atoms in total. The van der Waals surface area contributed by atoms with E-state index in [4.69, 9.17) is 9.97 Å². The average molecular weight is 1030 g/mol. The summed E-state index contributed by atoms with van der Waals surface area (Å²) in [6.45, 7) is 0. The molecule has 0 unspecified atom stereocenters. The Morgan fingerprint density at radius 2 is 0.462 bits per heavy atom. The monoisotopic (exact) mass is 1020 g/mol. The van der Waals surface area contributed by atoms with Crippen LogP contribution in [0.15, 0.2) is 291 Å². The molecule has 0 saturated heterocycles. The third-order valence-electron chi connectivity index (χ3n) is 16.9. The predicted molar refractivity (Wildman–Crippen MR) is 333 cm³/mol. The van der Waals surface area contributed by atoms with E-state index in [1.54, 1.807) is 0 Å². The summed E-state index contributed by atoms with van der Waals surface area (Å²) in [4.78, 5) is 15.9. The maximum atomic E-state index is 5.57. The highest BCUT2D eigenvalue weighted by Gasteiger charge is 2.51. The van der Waals surface area contributed by atoms with Gasteiger partial charge in [0.1, 0.15) is 11.6 Å². The average Bonchev–Trinajstić information content (AvgIpc) is 3.19. The number of nitrogens with zero attached hydrogens (tertiary/aromatic N) is 4. The summed E-state index contributed by atoms with van der Waals surface area (Å²) >= 11 is 0. The van der Waals surface area contributed by atoms with Crippen molar-refractivity contribution in [3.8, 4) is 0 Å². The molecule has 0 N–H and O–H groups in total. The van der Waals surface area contributed by atoms with Gasteiger partial charge < -0.3 is 0 Å². The van der Waals surface area contributed by atoms with Crippen molar-refractivity contribution >= 4 is 146 Å². The Kier molecular flexibility index (Phi) is 9.95. The number of pyridine rings is 2. The molecule has 0 spiro atoms. The largest absolute Gasteiger partial charge is 0.295 e. The van der Waals surface area contributed by atoms with Gasteiger partial charge in [-0.2, -0.15) is 0 Å². The van der Waals surface area contributed by atoms with Crippen LogP contribution in [-0.4, -0.2) is 26.1 Å². The Hall–Kier alpha value is -9.73. The summed E-state index contributed by atoms with van der Waals surface area (Å²) in [7, 11) is -5.97. The maximum absolute atomic E-state index is 5.57. The van der Waals surface area contributed by atoms with Gasteiger partial charge in [-0.15, -0.1) is 0 Å². The Labute approximate surface area is 454 Å². The molecule has 2 aliphatic heterocycles. The summed E-state index contributed by atoms with van der Waals surface area (Å²) < 4.78 is 0. The molecule has 78 heavy (non-hydrogen) atoms. The minimum Gasteiger partial charge on any atom is -0.295 e. The molecule has 0 saturated carbocycles. The molecule has 2 aliphatic rings. The van der Waals surface area contributed by atoms with Gasteiger partial charge in [-0.25, -0.2) is 9.97 Å². The van der Waals surface area contributed by atoms with Crippen molar-refractivity contribution in [1.82, 2.24) is 9.97 Å². The molecule has 14 aromatic rings. The van der Waals surface area contributed by atoms with Crippen molar-refractivity contribution in [2.24, 2.45) is 0 Å². The maximum Gasteiger partial charge on any atom is 0.184 e. The van der Waals surface area contributed by atoms with Crippen molar-refractivity contribution < 1.29 is 0 Å². The normalized spacial score (nSPS) is 14.1. The minimum atomic E-state index is -2.99. The van der Waals surface area contributed by atoms with Crippen LogP contribution in [0.4, 0.5) is 34.4 Å². The first kappa shape index (κ1) is 44.6.